The Morgan fingerprint density at radius 1 is 1.28 bits per heavy atom. The van der Waals surface area contributed by atoms with Gasteiger partial charge in [0.05, 0.1) is 5.69 Å². The summed E-state index contributed by atoms with van der Waals surface area (Å²) >= 11 is 0. The monoisotopic (exact) mass is 345 g/mol. The summed E-state index contributed by atoms with van der Waals surface area (Å²) in [6.45, 7) is 11.5. The van der Waals surface area contributed by atoms with Crippen LogP contribution in [0.3, 0.4) is 0 Å². The second kappa shape index (κ2) is 6.50. The van der Waals surface area contributed by atoms with Gasteiger partial charge in [-0.15, -0.1) is 5.10 Å². The summed E-state index contributed by atoms with van der Waals surface area (Å²) < 4.78 is 3.83. The first-order valence-electron chi connectivity index (χ1n) is 8.77. The third-order valence-corrected chi connectivity index (χ3v) is 4.69. The number of aryl methyl sites for hydroxylation is 3. The van der Waals surface area contributed by atoms with Gasteiger partial charge in [0, 0.05) is 30.2 Å². The van der Waals surface area contributed by atoms with Gasteiger partial charge in [-0.2, -0.15) is 10.1 Å². The third-order valence-electron chi connectivity index (χ3n) is 4.69. The van der Waals surface area contributed by atoms with E-state index in [1.165, 1.54) is 0 Å². The molecule has 0 unspecified atom stereocenters. The number of nitrogens with one attached hydrogen (secondary N) is 2. The second-order valence-electron chi connectivity index (χ2n) is 7.41. The van der Waals surface area contributed by atoms with Gasteiger partial charge in [0.15, 0.2) is 0 Å². The van der Waals surface area contributed by atoms with Crippen molar-refractivity contribution < 1.29 is 4.79 Å². The maximum Gasteiger partial charge on any atom is 0.321 e. The first kappa shape index (κ1) is 17.4. The zero-order chi connectivity index (χ0) is 18.2. The number of nitrogens with zero attached hydrogens (tertiary/aromatic N) is 5. The van der Waals surface area contributed by atoms with Crippen molar-refractivity contribution in [2.45, 2.75) is 60.0 Å². The van der Waals surface area contributed by atoms with Gasteiger partial charge in [0.1, 0.15) is 5.82 Å². The van der Waals surface area contributed by atoms with Gasteiger partial charge >= 0.3 is 6.03 Å². The Hall–Kier alpha value is -2.38. The first-order valence-corrected chi connectivity index (χ1v) is 8.77. The summed E-state index contributed by atoms with van der Waals surface area (Å²) in [6, 6.07) is 2.03. The summed E-state index contributed by atoms with van der Waals surface area (Å²) in [7, 11) is 0. The predicted molar refractivity (Wildman–Crippen MR) is 95.5 cm³/mol. The number of aromatic nitrogens is 5. The van der Waals surface area contributed by atoms with Crippen LogP contribution in [-0.4, -0.2) is 37.1 Å². The molecule has 136 valence electrons. The van der Waals surface area contributed by atoms with Gasteiger partial charge in [-0.3, -0.25) is 10.00 Å². The molecule has 1 aliphatic rings. The zero-order valence-corrected chi connectivity index (χ0v) is 15.6. The van der Waals surface area contributed by atoms with Crippen molar-refractivity contribution in [1.82, 2.24) is 29.9 Å². The predicted octanol–water partition coefficient (Wildman–Crippen LogP) is 2.58. The van der Waals surface area contributed by atoms with Crippen LogP contribution >= 0.6 is 0 Å². The molecule has 2 heterocycles. The third kappa shape index (κ3) is 4.00. The lowest BCUT2D eigenvalue weighted by Crippen LogP contribution is -2.36. The lowest BCUT2D eigenvalue weighted by atomic mass is 10.1. The summed E-state index contributed by atoms with van der Waals surface area (Å²) in [5.41, 5.74) is 2.30. The highest BCUT2D eigenvalue weighted by Gasteiger charge is 2.43. The van der Waals surface area contributed by atoms with Crippen molar-refractivity contribution in [1.29, 1.82) is 0 Å². The SMILES string of the molecule is Cc1cc(C)n(CC2(CNC(=O)Nc3nc(C)n(C(C)C)n3)CC2)n1. The van der Waals surface area contributed by atoms with E-state index in [0.717, 1.165) is 36.6 Å². The lowest BCUT2D eigenvalue weighted by molar-refractivity contribution is 0.247. The molecule has 0 atom stereocenters. The van der Waals surface area contributed by atoms with Crippen molar-refractivity contribution in [3.05, 3.63) is 23.3 Å². The number of hydrogen-bond acceptors (Lipinski definition) is 4. The van der Waals surface area contributed by atoms with E-state index in [1.807, 2.05) is 32.4 Å². The number of rotatable bonds is 6. The van der Waals surface area contributed by atoms with Crippen LogP contribution in [0, 0.1) is 26.2 Å². The van der Waals surface area contributed by atoms with E-state index in [0.29, 0.717) is 12.5 Å². The van der Waals surface area contributed by atoms with E-state index >= 15 is 0 Å². The van der Waals surface area contributed by atoms with Gasteiger partial charge < -0.3 is 5.32 Å². The van der Waals surface area contributed by atoms with Crippen LogP contribution in [0.25, 0.3) is 0 Å². The average molecular weight is 345 g/mol. The van der Waals surface area contributed by atoms with Crippen LogP contribution in [0.2, 0.25) is 0 Å². The highest BCUT2D eigenvalue weighted by atomic mass is 16.2. The summed E-state index contributed by atoms with van der Waals surface area (Å²) in [6.07, 6.45) is 2.20. The van der Waals surface area contributed by atoms with Crippen molar-refractivity contribution in [3.8, 4) is 0 Å². The van der Waals surface area contributed by atoms with Gasteiger partial charge in [0.25, 0.3) is 0 Å². The quantitative estimate of drug-likeness (QED) is 0.842. The molecule has 2 N–H and O–H groups in total. The Labute approximate surface area is 148 Å². The fourth-order valence-electron chi connectivity index (χ4n) is 3.08. The molecule has 0 aliphatic heterocycles. The van der Waals surface area contributed by atoms with Gasteiger partial charge in [-0.05, 0) is 53.5 Å². The lowest BCUT2D eigenvalue weighted by Gasteiger charge is -2.17. The van der Waals surface area contributed by atoms with E-state index in [1.54, 1.807) is 4.68 Å². The summed E-state index contributed by atoms with van der Waals surface area (Å²) in [5, 5.41) is 14.5. The van der Waals surface area contributed by atoms with E-state index in [-0.39, 0.29) is 17.5 Å². The van der Waals surface area contributed by atoms with E-state index in [9.17, 15) is 4.79 Å². The molecule has 8 nitrogen and oxygen atoms in total. The molecule has 2 aromatic rings. The van der Waals surface area contributed by atoms with E-state index in [4.69, 9.17) is 0 Å². The number of carbonyl (C=O) groups excluding carboxylic acids is 1. The van der Waals surface area contributed by atoms with Crippen molar-refractivity contribution in [3.63, 3.8) is 0 Å². The Morgan fingerprint density at radius 2 is 2.00 bits per heavy atom. The maximum absolute atomic E-state index is 12.2. The molecule has 3 rings (SSSR count). The fraction of sp³-hybridized carbons (Fsp3) is 0.647. The molecule has 1 fully saturated rings. The van der Waals surface area contributed by atoms with Crippen LogP contribution in [0.15, 0.2) is 6.07 Å². The zero-order valence-electron chi connectivity index (χ0n) is 15.6. The molecular formula is C17H27N7O. The minimum atomic E-state index is -0.263. The molecule has 0 bridgehead atoms. The number of urea groups is 1. The molecule has 2 aromatic heterocycles. The number of hydrogen-bond donors (Lipinski definition) is 2. The number of anilines is 1. The first-order chi connectivity index (χ1) is 11.8. The standard InChI is InChI=1S/C17H27N7O/c1-11(2)24-14(5)19-15(22-24)20-16(25)18-9-17(6-7-17)10-23-13(4)8-12(3)21-23/h8,11H,6-7,9-10H2,1-5H3,(H2,18,20,22,25). The van der Waals surface area contributed by atoms with Crippen LogP contribution in [0.4, 0.5) is 10.7 Å². The normalized spacial score (nSPS) is 15.4. The number of amides is 2. The minimum absolute atomic E-state index is 0.112. The summed E-state index contributed by atoms with van der Waals surface area (Å²) in [4.78, 5) is 16.4. The molecule has 2 amide bonds. The van der Waals surface area contributed by atoms with Crippen molar-refractivity contribution in [2.75, 3.05) is 11.9 Å². The van der Waals surface area contributed by atoms with Crippen LogP contribution < -0.4 is 10.6 Å². The van der Waals surface area contributed by atoms with Gasteiger partial charge in [0.2, 0.25) is 5.95 Å². The largest absolute Gasteiger partial charge is 0.337 e. The van der Waals surface area contributed by atoms with Crippen LogP contribution in [0.1, 0.15) is 49.9 Å². The maximum atomic E-state index is 12.2. The molecule has 0 saturated heterocycles. The Balaban J connectivity index is 1.53. The number of carbonyl (C=O) groups is 1. The van der Waals surface area contributed by atoms with Gasteiger partial charge in [-0.25, -0.2) is 9.48 Å². The molecule has 8 heteroatoms. The highest BCUT2D eigenvalue weighted by molar-refractivity contribution is 5.87. The molecule has 1 saturated carbocycles. The average Bonchev–Trinajstić information content (AvgIpc) is 3.08. The molecular weight excluding hydrogens is 318 g/mol. The molecule has 0 spiro atoms. The van der Waals surface area contributed by atoms with Crippen molar-refractivity contribution >= 4 is 12.0 Å². The molecule has 1 aliphatic carbocycles. The van der Waals surface area contributed by atoms with Crippen LogP contribution in [-0.2, 0) is 6.54 Å². The fourth-order valence-corrected chi connectivity index (χ4v) is 3.08. The van der Waals surface area contributed by atoms with Crippen molar-refractivity contribution in [2.24, 2.45) is 5.41 Å². The Kier molecular flexibility index (Phi) is 4.53. The van der Waals surface area contributed by atoms with E-state index < -0.39 is 0 Å². The Morgan fingerprint density at radius 3 is 2.52 bits per heavy atom. The molecule has 0 aromatic carbocycles. The van der Waals surface area contributed by atoms with E-state index in [2.05, 4.69) is 38.8 Å². The molecule has 0 radical (unpaired) electrons. The van der Waals surface area contributed by atoms with Crippen LogP contribution in [0.5, 0.6) is 0 Å². The minimum Gasteiger partial charge on any atom is -0.337 e. The van der Waals surface area contributed by atoms with Gasteiger partial charge in [-0.1, -0.05) is 0 Å². The smallest absolute Gasteiger partial charge is 0.321 e. The summed E-state index contributed by atoms with van der Waals surface area (Å²) in [5.74, 6) is 1.13. The second-order valence-corrected chi connectivity index (χ2v) is 7.41. The molecule has 25 heavy (non-hydrogen) atoms. The Bertz CT molecular complexity index is 770. The highest BCUT2D eigenvalue weighted by Crippen LogP contribution is 2.46. The topological polar surface area (TPSA) is 89.7 Å².